The van der Waals surface area contributed by atoms with Gasteiger partial charge >= 0.3 is 0 Å². The molecule has 5 nitrogen and oxygen atoms in total. The number of aliphatic imine (C=N–C) groups is 1. The second kappa shape index (κ2) is 14.0. The standard InChI is InChI=1S/C22H42N4O/c1-3-16-26-17-13-20(14-18-26)25-22(23-4-2)24-15-9-10-19-27-21-11-7-5-6-8-12-21/h3,20-21H,1,4-19H2,2H3,(H2,23,24,25). The van der Waals surface area contributed by atoms with Gasteiger partial charge in [-0.05, 0) is 45.4 Å². The van der Waals surface area contributed by atoms with Crippen molar-refractivity contribution >= 4 is 5.96 Å². The van der Waals surface area contributed by atoms with Crippen LogP contribution in [-0.2, 0) is 4.74 Å². The van der Waals surface area contributed by atoms with Gasteiger partial charge in [-0.15, -0.1) is 6.58 Å². The largest absolute Gasteiger partial charge is 0.378 e. The molecule has 0 unspecified atom stereocenters. The van der Waals surface area contributed by atoms with Gasteiger partial charge in [0.25, 0.3) is 0 Å². The Kier molecular flexibility index (Phi) is 11.5. The van der Waals surface area contributed by atoms with E-state index in [-0.39, 0.29) is 0 Å². The average Bonchev–Trinajstić information content (AvgIpc) is 2.95. The summed E-state index contributed by atoms with van der Waals surface area (Å²) in [6.45, 7) is 11.9. The topological polar surface area (TPSA) is 48.9 Å². The summed E-state index contributed by atoms with van der Waals surface area (Å²) < 4.78 is 6.08. The molecule has 1 aliphatic heterocycles. The van der Waals surface area contributed by atoms with Crippen LogP contribution in [-0.4, -0.2) is 62.3 Å². The number of nitrogens with zero attached hydrogens (tertiary/aromatic N) is 2. The molecule has 1 saturated carbocycles. The normalized spacial score (nSPS) is 21.0. The van der Waals surface area contributed by atoms with Crippen LogP contribution in [0, 0.1) is 0 Å². The molecular formula is C22H42N4O. The molecule has 0 atom stereocenters. The highest BCUT2D eigenvalue weighted by Crippen LogP contribution is 2.20. The molecule has 1 heterocycles. The lowest BCUT2D eigenvalue weighted by Crippen LogP contribution is -2.48. The number of unbranched alkanes of at least 4 members (excludes halogenated alkanes) is 1. The van der Waals surface area contributed by atoms with Crippen molar-refractivity contribution < 1.29 is 4.74 Å². The van der Waals surface area contributed by atoms with Crippen molar-refractivity contribution in [3.8, 4) is 0 Å². The SMILES string of the molecule is C=CCN1CCC(NC(=NCCCCOC2CCCCCC2)NCC)CC1. The highest BCUT2D eigenvalue weighted by Gasteiger charge is 2.19. The van der Waals surface area contributed by atoms with E-state index in [1.165, 1.54) is 51.4 Å². The summed E-state index contributed by atoms with van der Waals surface area (Å²) in [5.74, 6) is 0.976. The second-order valence-electron chi connectivity index (χ2n) is 7.96. The first-order valence-corrected chi connectivity index (χ1v) is 11.3. The van der Waals surface area contributed by atoms with Crippen LogP contribution in [0.2, 0.25) is 0 Å². The number of likely N-dealkylation sites (tertiary alicyclic amines) is 1. The number of hydrogen-bond donors (Lipinski definition) is 2. The molecule has 5 heteroatoms. The molecule has 0 aromatic rings. The lowest BCUT2D eigenvalue weighted by Gasteiger charge is -2.32. The number of ether oxygens (including phenoxy) is 1. The average molecular weight is 379 g/mol. The maximum atomic E-state index is 6.08. The molecule has 0 spiro atoms. The number of nitrogens with one attached hydrogen (secondary N) is 2. The van der Waals surface area contributed by atoms with Gasteiger partial charge in [-0.2, -0.15) is 0 Å². The van der Waals surface area contributed by atoms with Crippen LogP contribution in [0.1, 0.15) is 71.1 Å². The Morgan fingerprint density at radius 2 is 1.85 bits per heavy atom. The van der Waals surface area contributed by atoms with Crippen molar-refractivity contribution in [1.82, 2.24) is 15.5 Å². The minimum absolute atomic E-state index is 0.516. The number of guanidine groups is 1. The van der Waals surface area contributed by atoms with E-state index in [4.69, 9.17) is 9.73 Å². The van der Waals surface area contributed by atoms with Crippen LogP contribution in [0.3, 0.4) is 0 Å². The molecule has 1 aliphatic carbocycles. The van der Waals surface area contributed by atoms with E-state index in [0.717, 1.165) is 58.1 Å². The molecule has 0 amide bonds. The van der Waals surface area contributed by atoms with Gasteiger partial charge in [0.2, 0.25) is 0 Å². The van der Waals surface area contributed by atoms with E-state index in [2.05, 4.69) is 29.0 Å². The van der Waals surface area contributed by atoms with E-state index < -0.39 is 0 Å². The summed E-state index contributed by atoms with van der Waals surface area (Å²) in [6.07, 6.45) is 15.1. The Morgan fingerprint density at radius 3 is 2.52 bits per heavy atom. The molecule has 1 saturated heterocycles. The van der Waals surface area contributed by atoms with E-state index in [1.807, 2.05) is 6.08 Å². The van der Waals surface area contributed by atoms with Crippen molar-refractivity contribution in [1.29, 1.82) is 0 Å². The van der Waals surface area contributed by atoms with Crippen LogP contribution >= 0.6 is 0 Å². The monoisotopic (exact) mass is 378 g/mol. The summed E-state index contributed by atoms with van der Waals surface area (Å²) in [5, 5.41) is 7.02. The maximum Gasteiger partial charge on any atom is 0.191 e. The summed E-state index contributed by atoms with van der Waals surface area (Å²) in [6, 6.07) is 0.530. The first-order chi connectivity index (χ1) is 13.3. The Labute approximate surface area is 167 Å². The van der Waals surface area contributed by atoms with E-state index in [1.54, 1.807) is 0 Å². The highest BCUT2D eigenvalue weighted by molar-refractivity contribution is 5.80. The van der Waals surface area contributed by atoms with Crippen LogP contribution in [0.5, 0.6) is 0 Å². The molecule has 27 heavy (non-hydrogen) atoms. The summed E-state index contributed by atoms with van der Waals surface area (Å²) in [4.78, 5) is 7.23. The van der Waals surface area contributed by atoms with Gasteiger partial charge in [0.05, 0.1) is 6.10 Å². The molecule has 0 bridgehead atoms. The molecule has 0 radical (unpaired) electrons. The summed E-state index contributed by atoms with van der Waals surface area (Å²) in [5.41, 5.74) is 0. The molecular weight excluding hydrogens is 336 g/mol. The predicted molar refractivity (Wildman–Crippen MR) is 115 cm³/mol. The number of hydrogen-bond acceptors (Lipinski definition) is 3. The van der Waals surface area contributed by atoms with E-state index in [9.17, 15) is 0 Å². The third-order valence-electron chi connectivity index (χ3n) is 5.64. The first-order valence-electron chi connectivity index (χ1n) is 11.3. The van der Waals surface area contributed by atoms with Crippen LogP contribution in [0.25, 0.3) is 0 Å². The molecule has 2 aliphatic rings. The quantitative estimate of drug-likeness (QED) is 0.200. The lowest BCUT2D eigenvalue weighted by atomic mass is 10.1. The Balaban J connectivity index is 1.59. The Hall–Kier alpha value is -1.07. The molecule has 156 valence electrons. The predicted octanol–water partition coefficient (Wildman–Crippen LogP) is 3.71. The van der Waals surface area contributed by atoms with Gasteiger partial charge in [-0.25, -0.2) is 0 Å². The summed E-state index contributed by atoms with van der Waals surface area (Å²) >= 11 is 0. The van der Waals surface area contributed by atoms with Crippen LogP contribution < -0.4 is 10.6 Å². The Morgan fingerprint density at radius 1 is 1.11 bits per heavy atom. The molecule has 0 aromatic carbocycles. The van der Waals surface area contributed by atoms with Crippen molar-refractivity contribution in [2.75, 3.05) is 39.3 Å². The number of rotatable bonds is 10. The van der Waals surface area contributed by atoms with Gasteiger partial charge < -0.3 is 15.4 Å². The van der Waals surface area contributed by atoms with Crippen molar-refractivity contribution in [2.24, 2.45) is 4.99 Å². The zero-order chi connectivity index (χ0) is 19.2. The third kappa shape index (κ3) is 9.61. The minimum Gasteiger partial charge on any atom is -0.378 e. The van der Waals surface area contributed by atoms with Crippen molar-refractivity contribution in [3.63, 3.8) is 0 Å². The van der Waals surface area contributed by atoms with Gasteiger partial charge in [-0.1, -0.05) is 31.8 Å². The van der Waals surface area contributed by atoms with Gasteiger partial charge in [0, 0.05) is 45.4 Å². The van der Waals surface area contributed by atoms with Crippen LogP contribution in [0.4, 0.5) is 0 Å². The van der Waals surface area contributed by atoms with E-state index in [0.29, 0.717) is 12.1 Å². The van der Waals surface area contributed by atoms with E-state index >= 15 is 0 Å². The highest BCUT2D eigenvalue weighted by atomic mass is 16.5. The Bertz CT molecular complexity index is 411. The molecule has 0 aromatic heterocycles. The third-order valence-corrected chi connectivity index (χ3v) is 5.64. The fourth-order valence-electron chi connectivity index (χ4n) is 4.02. The lowest BCUT2D eigenvalue weighted by molar-refractivity contribution is 0.0413. The van der Waals surface area contributed by atoms with Crippen molar-refractivity contribution in [3.05, 3.63) is 12.7 Å². The van der Waals surface area contributed by atoms with Crippen LogP contribution in [0.15, 0.2) is 17.6 Å². The number of piperidine rings is 1. The zero-order valence-corrected chi connectivity index (χ0v) is 17.6. The first kappa shape index (κ1) is 22.2. The van der Waals surface area contributed by atoms with Crippen molar-refractivity contribution in [2.45, 2.75) is 83.3 Å². The molecule has 2 fully saturated rings. The van der Waals surface area contributed by atoms with Gasteiger partial charge in [0.1, 0.15) is 0 Å². The molecule has 2 N–H and O–H groups in total. The minimum atomic E-state index is 0.516. The second-order valence-corrected chi connectivity index (χ2v) is 7.96. The van der Waals surface area contributed by atoms with Gasteiger partial charge in [0.15, 0.2) is 5.96 Å². The fourth-order valence-corrected chi connectivity index (χ4v) is 4.02. The zero-order valence-electron chi connectivity index (χ0n) is 17.6. The smallest absolute Gasteiger partial charge is 0.191 e. The molecule has 2 rings (SSSR count). The van der Waals surface area contributed by atoms with Gasteiger partial charge in [-0.3, -0.25) is 9.89 Å². The fraction of sp³-hybridized carbons (Fsp3) is 0.864. The maximum absolute atomic E-state index is 6.08. The summed E-state index contributed by atoms with van der Waals surface area (Å²) in [7, 11) is 0.